The second-order valence-corrected chi connectivity index (χ2v) is 6.66. The number of anilines is 1. The van der Waals surface area contributed by atoms with Crippen molar-refractivity contribution in [1.29, 1.82) is 0 Å². The van der Waals surface area contributed by atoms with Crippen LogP contribution in [0.2, 0.25) is 0 Å². The molecule has 120 valence electrons. The van der Waals surface area contributed by atoms with Crippen LogP contribution in [0.1, 0.15) is 0 Å². The zero-order valence-electron chi connectivity index (χ0n) is 12.0. The molecule has 0 bridgehead atoms. The highest BCUT2D eigenvalue weighted by molar-refractivity contribution is 7.93. The summed E-state index contributed by atoms with van der Waals surface area (Å²) in [4.78, 5) is 6.89. The molecule has 6 nitrogen and oxygen atoms in total. The predicted octanol–water partition coefficient (Wildman–Crippen LogP) is 1.89. The van der Waals surface area contributed by atoms with Gasteiger partial charge in [0.25, 0.3) is 10.0 Å². The van der Waals surface area contributed by atoms with Crippen molar-refractivity contribution in [2.45, 2.75) is 4.90 Å². The van der Waals surface area contributed by atoms with Crippen molar-refractivity contribution in [3.8, 4) is 0 Å². The summed E-state index contributed by atoms with van der Waals surface area (Å²) in [5.41, 5.74) is 0.589. The fourth-order valence-electron chi connectivity index (χ4n) is 2.37. The van der Waals surface area contributed by atoms with Gasteiger partial charge in [0, 0.05) is 17.8 Å². The number of pyridine rings is 1. The Morgan fingerprint density at radius 1 is 1.26 bits per heavy atom. The summed E-state index contributed by atoms with van der Waals surface area (Å²) in [5, 5.41) is 9.66. The molecule has 0 saturated heterocycles. The Morgan fingerprint density at radius 2 is 2.09 bits per heavy atom. The van der Waals surface area contributed by atoms with Crippen LogP contribution in [-0.2, 0) is 10.0 Å². The molecule has 2 aromatic heterocycles. The Kier molecular flexibility index (Phi) is 4.01. The first-order valence-electron chi connectivity index (χ1n) is 6.85. The number of aliphatic hydroxyl groups excluding tert-OH is 1. The number of hydrogen-bond acceptors (Lipinski definition) is 4. The molecular weight excluding hydrogens is 321 g/mol. The summed E-state index contributed by atoms with van der Waals surface area (Å²) in [6.45, 7) is -0.574. The van der Waals surface area contributed by atoms with Crippen LogP contribution in [0.5, 0.6) is 0 Å². The summed E-state index contributed by atoms with van der Waals surface area (Å²) >= 11 is 0. The predicted molar refractivity (Wildman–Crippen MR) is 84.1 cm³/mol. The number of aromatic nitrogens is 2. The van der Waals surface area contributed by atoms with E-state index in [0.29, 0.717) is 11.0 Å². The molecule has 0 atom stereocenters. The number of aromatic amines is 1. The summed E-state index contributed by atoms with van der Waals surface area (Å²) < 4.78 is 40.3. The van der Waals surface area contributed by atoms with E-state index in [4.69, 9.17) is 0 Å². The molecule has 3 rings (SSSR count). The third-order valence-electron chi connectivity index (χ3n) is 3.38. The molecule has 23 heavy (non-hydrogen) atoms. The number of hydrogen-bond donors (Lipinski definition) is 2. The minimum Gasteiger partial charge on any atom is -0.394 e. The minimum atomic E-state index is -3.98. The van der Waals surface area contributed by atoms with Gasteiger partial charge in [-0.3, -0.25) is 4.31 Å². The first-order valence-corrected chi connectivity index (χ1v) is 8.29. The van der Waals surface area contributed by atoms with Gasteiger partial charge in [-0.15, -0.1) is 0 Å². The van der Waals surface area contributed by atoms with Crippen LogP contribution in [0, 0.1) is 5.82 Å². The molecule has 0 aliphatic rings. The van der Waals surface area contributed by atoms with Gasteiger partial charge in [-0.2, -0.15) is 0 Å². The van der Waals surface area contributed by atoms with E-state index < -0.39 is 22.4 Å². The molecular formula is C15H14FN3O3S. The average Bonchev–Trinajstić information content (AvgIpc) is 2.97. The number of rotatable bonds is 5. The van der Waals surface area contributed by atoms with Crippen LogP contribution >= 0.6 is 0 Å². The molecule has 2 heterocycles. The van der Waals surface area contributed by atoms with E-state index in [0.717, 1.165) is 10.4 Å². The third kappa shape index (κ3) is 2.78. The van der Waals surface area contributed by atoms with Crippen LogP contribution in [0.25, 0.3) is 11.0 Å². The maximum absolute atomic E-state index is 13.5. The lowest BCUT2D eigenvalue weighted by Gasteiger charge is -2.23. The summed E-state index contributed by atoms with van der Waals surface area (Å²) in [7, 11) is -3.98. The van der Waals surface area contributed by atoms with E-state index >= 15 is 0 Å². The van der Waals surface area contributed by atoms with Gasteiger partial charge in [0.2, 0.25) is 0 Å². The Labute approximate surface area is 132 Å². The fraction of sp³-hybridized carbons (Fsp3) is 0.133. The summed E-state index contributed by atoms with van der Waals surface area (Å²) in [6.07, 6.45) is 2.89. The number of fused-ring (bicyclic) bond motifs is 1. The standard InChI is InChI=1S/C15H14FN3O3S/c16-11-3-1-4-12(9-11)19(7-8-20)23(21,22)14-10-18-15-13(14)5-2-6-17-15/h1-6,9-10,20H,7-8H2,(H,17,18). The first-order chi connectivity index (χ1) is 11.0. The quantitative estimate of drug-likeness (QED) is 0.745. The van der Waals surface area contributed by atoms with Crippen molar-refractivity contribution in [3.05, 3.63) is 54.6 Å². The molecule has 0 amide bonds. The second kappa shape index (κ2) is 5.98. The first kappa shape index (κ1) is 15.4. The van der Waals surface area contributed by atoms with E-state index in [1.165, 1.54) is 24.4 Å². The number of nitrogens with zero attached hydrogens (tertiary/aromatic N) is 2. The number of halogens is 1. The minimum absolute atomic E-state index is 0.0262. The van der Waals surface area contributed by atoms with Crippen LogP contribution in [-0.4, -0.2) is 36.6 Å². The molecule has 0 aliphatic heterocycles. The number of benzene rings is 1. The van der Waals surface area contributed by atoms with Crippen LogP contribution in [0.4, 0.5) is 10.1 Å². The summed E-state index contributed by atoms with van der Waals surface area (Å²) in [6, 6.07) is 8.50. The van der Waals surface area contributed by atoms with E-state index in [1.54, 1.807) is 18.3 Å². The lowest BCUT2D eigenvalue weighted by atomic mass is 10.3. The molecule has 2 N–H and O–H groups in total. The second-order valence-electron chi connectivity index (χ2n) is 4.83. The molecule has 0 saturated carbocycles. The van der Waals surface area contributed by atoms with Crippen molar-refractivity contribution in [1.82, 2.24) is 9.97 Å². The smallest absolute Gasteiger partial charge is 0.266 e. The molecule has 3 aromatic rings. The topological polar surface area (TPSA) is 86.3 Å². The largest absolute Gasteiger partial charge is 0.394 e. The third-order valence-corrected chi connectivity index (χ3v) is 5.25. The molecule has 0 spiro atoms. The van der Waals surface area contributed by atoms with Crippen molar-refractivity contribution >= 4 is 26.7 Å². The van der Waals surface area contributed by atoms with E-state index in [2.05, 4.69) is 9.97 Å². The van der Waals surface area contributed by atoms with Gasteiger partial charge in [-0.05, 0) is 30.3 Å². The number of sulfonamides is 1. The van der Waals surface area contributed by atoms with E-state index in [-0.39, 0.29) is 17.1 Å². The van der Waals surface area contributed by atoms with E-state index in [9.17, 15) is 17.9 Å². The molecule has 0 unspecified atom stereocenters. The van der Waals surface area contributed by atoms with Gasteiger partial charge in [-0.25, -0.2) is 17.8 Å². The van der Waals surface area contributed by atoms with Crippen molar-refractivity contribution in [3.63, 3.8) is 0 Å². The van der Waals surface area contributed by atoms with Crippen molar-refractivity contribution in [2.75, 3.05) is 17.5 Å². The zero-order chi connectivity index (χ0) is 16.4. The fourth-order valence-corrected chi connectivity index (χ4v) is 3.97. The van der Waals surface area contributed by atoms with Gasteiger partial charge in [0.05, 0.1) is 18.8 Å². The number of H-pyrrole nitrogens is 1. The Balaban J connectivity index is 2.15. The van der Waals surface area contributed by atoms with Gasteiger partial charge in [0.15, 0.2) is 0 Å². The van der Waals surface area contributed by atoms with Crippen LogP contribution in [0.3, 0.4) is 0 Å². The molecule has 0 aliphatic carbocycles. The average molecular weight is 335 g/mol. The highest BCUT2D eigenvalue weighted by atomic mass is 32.2. The van der Waals surface area contributed by atoms with Crippen molar-refractivity contribution in [2.24, 2.45) is 0 Å². The lowest BCUT2D eigenvalue weighted by Crippen LogP contribution is -2.33. The maximum Gasteiger partial charge on any atom is 0.266 e. The van der Waals surface area contributed by atoms with Gasteiger partial charge >= 0.3 is 0 Å². The summed E-state index contributed by atoms with van der Waals surface area (Å²) in [5.74, 6) is -0.554. The zero-order valence-corrected chi connectivity index (χ0v) is 12.8. The molecule has 8 heteroatoms. The van der Waals surface area contributed by atoms with Crippen LogP contribution < -0.4 is 4.31 Å². The highest BCUT2D eigenvalue weighted by Gasteiger charge is 2.27. The van der Waals surface area contributed by atoms with Crippen LogP contribution in [0.15, 0.2) is 53.7 Å². The monoisotopic (exact) mass is 335 g/mol. The van der Waals surface area contributed by atoms with Crippen molar-refractivity contribution < 1.29 is 17.9 Å². The normalized spacial score (nSPS) is 11.7. The number of aliphatic hydroxyl groups is 1. The molecule has 0 radical (unpaired) electrons. The van der Waals surface area contributed by atoms with Gasteiger partial charge in [-0.1, -0.05) is 6.07 Å². The lowest BCUT2D eigenvalue weighted by molar-refractivity contribution is 0.306. The SMILES string of the molecule is O=S(=O)(c1c[nH]c2ncccc12)N(CCO)c1cccc(F)c1. The molecule has 1 aromatic carbocycles. The highest BCUT2D eigenvalue weighted by Crippen LogP contribution is 2.28. The van der Waals surface area contributed by atoms with Gasteiger partial charge in [0.1, 0.15) is 16.4 Å². The Morgan fingerprint density at radius 3 is 2.83 bits per heavy atom. The Hall–Kier alpha value is -2.45. The number of nitrogens with one attached hydrogen (secondary N) is 1. The maximum atomic E-state index is 13.5. The Bertz CT molecular complexity index is 940. The van der Waals surface area contributed by atoms with E-state index in [1.807, 2.05) is 0 Å². The molecule has 0 fully saturated rings. The van der Waals surface area contributed by atoms with Gasteiger partial charge < -0.3 is 10.1 Å².